The van der Waals surface area contributed by atoms with Crippen molar-refractivity contribution in [3.05, 3.63) is 59.7 Å². The summed E-state index contributed by atoms with van der Waals surface area (Å²) in [6.45, 7) is 3.30. The Morgan fingerprint density at radius 1 is 1.09 bits per heavy atom. The Hall–Kier alpha value is -2.13. The molecule has 3 nitrogen and oxygen atoms in total. The predicted octanol–water partition coefficient (Wildman–Crippen LogP) is 3.55. The Morgan fingerprint density at radius 3 is 2.14 bits per heavy atom. The van der Waals surface area contributed by atoms with Crippen LogP contribution >= 0.6 is 0 Å². The molecule has 1 unspecified atom stereocenters. The number of carboxylic acids is 1. The lowest BCUT2D eigenvalue weighted by molar-refractivity contribution is -0.147. The van der Waals surface area contributed by atoms with Gasteiger partial charge in [-0.15, -0.1) is 0 Å². The number of hydrogen-bond donors (Lipinski definition) is 1. The van der Waals surface area contributed by atoms with Gasteiger partial charge < -0.3 is 5.11 Å². The lowest BCUT2D eigenvalue weighted by atomic mass is 9.90. The van der Waals surface area contributed by atoms with E-state index in [4.69, 9.17) is 0 Å². The Bertz CT molecular complexity index is 709. The van der Waals surface area contributed by atoms with E-state index in [2.05, 4.69) is 53.4 Å². The normalized spacial score (nSPS) is 24.2. The second-order valence-electron chi connectivity index (χ2n) is 6.66. The molecular formula is C19H19NO2. The molecule has 0 aromatic heterocycles. The largest absolute Gasteiger partial charge is 0.481 e. The van der Waals surface area contributed by atoms with Gasteiger partial charge in [-0.25, -0.2) is 0 Å². The maximum atomic E-state index is 11.5. The van der Waals surface area contributed by atoms with E-state index in [1.54, 1.807) is 0 Å². The van der Waals surface area contributed by atoms with Gasteiger partial charge in [-0.1, -0.05) is 48.5 Å². The first-order valence-electron chi connectivity index (χ1n) is 7.76. The molecule has 0 radical (unpaired) electrons. The fourth-order valence-electron chi connectivity index (χ4n) is 3.91. The topological polar surface area (TPSA) is 40.5 Å². The fourth-order valence-corrected chi connectivity index (χ4v) is 3.91. The highest BCUT2D eigenvalue weighted by Crippen LogP contribution is 2.48. The van der Waals surface area contributed by atoms with Gasteiger partial charge >= 0.3 is 5.97 Å². The summed E-state index contributed by atoms with van der Waals surface area (Å²) in [5, 5.41) is 9.50. The van der Waals surface area contributed by atoms with E-state index >= 15 is 0 Å². The highest BCUT2D eigenvalue weighted by Gasteiger charge is 2.45. The maximum Gasteiger partial charge on any atom is 0.310 e. The number of carboxylic acid groups (broad SMARTS) is 1. The first-order chi connectivity index (χ1) is 10.6. The quantitative estimate of drug-likeness (QED) is 0.920. The second kappa shape index (κ2) is 4.68. The maximum absolute atomic E-state index is 11.5. The predicted molar refractivity (Wildman–Crippen MR) is 85.7 cm³/mol. The van der Waals surface area contributed by atoms with Crippen molar-refractivity contribution in [1.29, 1.82) is 0 Å². The van der Waals surface area contributed by atoms with Gasteiger partial charge in [-0.3, -0.25) is 9.69 Å². The summed E-state index contributed by atoms with van der Waals surface area (Å²) >= 11 is 0. The van der Waals surface area contributed by atoms with Gasteiger partial charge in [0.25, 0.3) is 0 Å². The van der Waals surface area contributed by atoms with Gasteiger partial charge in [0.15, 0.2) is 0 Å². The SMILES string of the molecule is CC1(C(=O)O)CCN(C2c3ccccc3-c3ccccc32)C1. The van der Waals surface area contributed by atoms with Crippen molar-refractivity contribution in [2.75, 3.05) is 13.1 Å². The minimum atomic E-state index is -0.686. The molecule has 4 rings (SSSR count). The standard InChI is InChI=1S/C19H19NO2/c1-19(18(21)22)10-11-20(12-19)17-15-8-4-2-6-13(15)14-7-3-5-9-16(14)17/h2-9,17H,10-12H2,1H3,(H,21,22). The molecule has 0 bridgehead atoms. The Morgan fingerprint density at radius 2 is 1.64 bits per heavy atom. The number of benzene rings is 2. The molecule has 3 heteroatoms. The van der Waals surface area contributed by atoms with Crippen LogP contribution in [-0.4, -0.2) is 29.1 Å². The molecule has 2 aromatic rings. The van der Waals surface area contributed by atoms with Crippen molar-refractivity contribution in [1.82, 2.24) is 4.90 Å². The van der Waals surface area contributed by atoms with Crippen LogP contribution in [0, 0.1) is 5.41 Å². The van der Waals surface area contributed by atoms with Crippen LogP contribution in [0.5, 0.6) is 0 Å². The molecular weight excluding hydrogens is 274 g/mol. The van der Waals surface area contributed by atoms with Crippen molar-refractivity contribution in [3.63, 3.8) is 0 Å². The summed E-state index contributed by atoms with van der Waals surface area (Å²) in [7, 11) is 0. The molecule has 1 N–H and O–H groups in total. The number of aliphatic carboxylic acids is 1. The van der Waals surface area contributed by atoms with Crippen molar-refractivity contribution in [2.45, 2.75) is 19.4 Å². The minimum absolute atomic E-state index is 0.188. The Labute approximate surface area is 130 Å². The van der Waals surface area contributed by atoms with E-state index < -0.39 is 11.4 Å². The fraction of sp³-hybridized carbons (Fsp3) is 0.316. The molecule has 1 fully saturated rings. The average Bonchev–Trinajstić information content (AvgIpc) is 3.07. The molecule has 2 aliphatic rings. The van der Waals surface area contributed by atoms with Crippen LogP contribution in [0.1, 0.15) is 30.5 Å². The highest BCUT2D eigenvalue weighted by molar-refractivity contribution is 5.79. The molecule has 112 valence electrons. The number of hydrogen-bond acceptors (Lipinski definition) is 2. The summed E-state index contributed by atoms with van der Waals surface area (Å²) < 4.78 is 0. The molecule has 0 saturated carbocycles. The van der Waals surface area contributed by atoms with E-state index in [-0.39, 0.29) is 6.04 Å². The van der Waals surface area contributed by atoms with E-state index in [1.807, 2.05) is 6.92 Å². The summed E-state index contributed by atoms with van der Waals surface area (Å²) in [4.78, 5) is 13.9. The van der Waals surface area contributed by atoms with Gasteiger partial charge in [0.2, 0.25) is 0 Å². The Kier molecular flexibility index (Phi) is 2.88. The second-order valence-corrected chi connectivity index (χ2v) is 6.66. The van der Waals surface area contributed by atoms with E-state index in [0.29, 0.717) is 13.0 Å². The van der Waals surface area contributed by atoms with Crippen molar-refractivity contribution in [3.8, 4) is 11.1 Å². The van der Waals surface area contributed by atoms with Gasteiger partial charge in [-0.05, 0) is 35.6 Å². The van der Waals surface area contributed by atoms with Crippen molar-refractivity contribution < 1.29 is 9.90 Å². The monoisotopic (exact) mass is 293 g/mol. The van der Waals surface area contributed by atoms with E-state index in [1.165, 1.54) is 22.3 Å². The smallest absolute Gasteiger partial charge is 0.310 e. The lowest BCUT2D eigenvalue weighted by Crippen LogP contribution is -2.33. The van der Waals surface area contributed by atoms with Crippen LogP contribution in [0.15, 0.2) is 48.5 Å². The first-order valence-corrected chi connectivity index (χ1v) is 7.76. The molecule has 1 atom stereocenters. The molecule has 1 saturated heterocycles. The zero-order valence-corrected chi connectivity index (χ0v) is 12.6. The third-order valence-electron chi connectivity index (χ3n) is 5.19. The molecule has 22 heavy (non-hydrogen) atoms. The van der Waals surface area contributed by atoms with Gasteiger partial charge in [0, 0.05) is 13.1 Å². The Balaban J connectivity index is 1.78. The van der Waals surface area contributed by atoms with E-state index in [9.17, 15) is 9.90 Å². The van der Waals surface area contributed by atoms with Crippen LogP contribution in [0.25, 0.3) is 11.1 Å². The third-order valence-corrected chi connectivity index (χ3v) is 5.19. The summed E-state index contributed by atoms with van der Waals surface area (Å²) in [5.74, 6) is -0.686. The number of carbonyl (C=O) groups is 1. The lowest BCUT2D eigenvalue weighted by Gasteiger charge is -2.27. The zero-order chi connectivity index (χ0) is 15.3. The van der Waals surface area contributed by atoms with Gasteiger partial charge in [0.05, 0.1) is 11.5 Å². The third kappa shape index (κ3) is 1.82. The summed E-state index contributed by atoms with van der Waals surface area (Å²) in [5.41, 5.74) is 4.54. The molecule has 2 aromatic carbocycles. The molecule has 1 heterocycles. The van der Waals surface area contributed by atoms with Crippen LogP contribution in [0.4, 0.5) is 0 Å². The average molecular weight is 293 g/mol. The summed E-state index contributed by atoms with van der Waals surface area (Å²) in [6.07, 6.45) is 0.711. The zero-order valence-electron chi connectivity index (χ0n) is 12.6. The summed E-state index contributed by atoms with van der Waals surface area (Å²) in [6, 6.07) is 17.2. The first kappa shape index (κ1) is 13.5. The number of rotatable bonds is 2. The highest BCUT2D eigenvalue weighted by atomic mass is 16.4. The molecule has 1 aliphatic heterocycles. The van der Waals surface area contributed by atoms with Crippen LogP contribution in [-0.2, 0) is 4.79 Å². The minimum Gasteiger partial charge on any atom is -0.481 e. The van der Waals surface area contributed by atoms with Gasteiger partial charge in [0.1, 0.15) is 0 Å². The number of likely N-dealkylation sites (tertiary alicyclic amines) is 1. The molecule has 1 aliphatic carbocycles. The van der Waals surface area contributed by atoms with Crippen LogP contribution < -0.4 is 0 Å². The van der Waals surface area contributed by atoms with Crippen molar-refractivity contribution >= 4 is 5.97 Å². The molecule has 0 spiro atoms. The van der Waals surface area contributed by atoms with Crippen molar-refractivity contribution in [2.24, 2.45) is 5.41 Å². The number of nitrogens with zero attached hydrogens (tertiary/aromatic N) is 1. The van der Waals surface area contributed by atoms with Crippen LogP contribution in [0.3, 0.4) is 0 Å². The van der Waals surface area contributed by atoms with Gasteiger partial charge in [-0.2, -0.15) is 0 Å². The van der Waals surface area contributed by atoms with Crippen LogP contribution in [0.2, 0.25) is 0 Å². The van der Waals surface area contributed by atoms with E-state index in [0.717, 1.165) is 6.54 Å². The number of fused-ring (bicyclic) bond motifs is 3. The molecule has 0 amide bonds.